The minimum atomic E-state index is 0.0809. The van der Waals surface area contributed by atoms with Gasteiger partial charge in [-0.05, 0) is 48.1 Å². The van der Waals surface area contributed by atoms with Crippen molar-refractivity contribution in [1.29, 1.82) is 0 Å². The largest absolute Gasteiger partial charge is 0.488 e. The first-order valence-electron chi connectivity index (χ1n) is 11.0. The summed E-state index contributed by atoms with van der Waals surface area (Å²) in [7, 11) is 0. The Kier molecular flexibility index (Phi) is 8.20. The van der Waals surface area contributed by atoms with Gasteiger partial charge in [-0.25, -0.2) is 0 Å². The molecule has 0 aliphatic heterocycles. The molecule has 0 spiro atoms. The maximum atomic E-state index is 6.41. The monoisotopic (exact) mass is 403 g/mol. The van der Waals surface area contributed by atoms with Crippen LogP contribution < -0.4 is 14.8 Å². The van der Waals surface area contributed by atoms with Crippen molar-refractivity contribution in [3.05, 3.63) is 90.0 Å². The molecule has 2 atom stereocenters. The van der Waals surface area contributed by atoms with Gasteiger partial charge >= 0.3 is 0 Å². The van der Waals surface area contributed by atoms with E-state index in [2.05, 4.69) is 62.5 Å². The Morgan fingerprint density at radius 2 is 1.43 bits per heavy atom. The molecule has 0 saturated heterocycles. The topological polar surface area (TPSA) is 30.5 Å². The van der Waals surface area contributed by atoms with Crippen LogP contribution in [0.3, 0.4) is 0 Å². The molecule has 2 unspecified atom stereocenters. The number of anilines is 1. The summed E-state index contributed by atoms with van der Waals surface area (Å²) in [5, 5.41) is 3.53. The standard InChI is InChI=1S/C27H33NO2/c1-4-21(3)24-15-9-11-17-26(24)30-23(5-2)19-28-25-16-10-12-18-27(25)29-20-22-13-7-6-8-14-22/h6-18,21,23,28H,4-5,19-20H2,1-3H3. The van der Waals surface area contributed by atoms with Crippen LogP contribution >= 0.6 is 0 Å². The number of rotatable bonds is 11. The molecule has 0 heterocycles. The molecular formula is C27H33NO2. The summed E-state index contributed by atoms with van der Waals surface area (Å²) in [5.41, 5.74) is 3.43. The van der Waals surface area contributed by atoms with Gasteiger partial charge in [0, 0.05) is 0 Å². The van der Waals surface area contributed by atoms with E-state index in [1.165, 1.54) is 5.56 Å². The van der Waals surface area contributed by atoms with Crippen molar-refractivity contribution in [3.63, 3.8) is 0 Å². The van der Waals surface area contributed by atoms with E-state index < -0.39 is 0 Å². The fourth-order valence-corrected chi connectivity index (χ4v) is 3.36. The van der Waals surface area contributed by atoms with Gasteiger partial charge in [-0.2, -0.15) is 0 Å². The van der Waals surface area contributed by atoms with E-state index in [-0.39, 0.29) is 6.10 Å². The Morgan fingerprint density at radius 3 is 2.17 bits per heavy atom. The van der Waals surface area contributed by atoms with E-state index in [1.54, 1.807) is 0 Å². The lowest BCUT2D eigenvalue weighted by Gasteiger charge is -2.23. The van der Waals surface area contributed by atoms with E-state index in [9.17, 15) is 0 Å². The molecule has 3 aromatic carbocycles. The average molecular weight is 404 g/mol. The summed E-state index contributed by atoms with van der Waals surface area (Å²) in [6, 6.07) is 26.7. The Labute approximate surface area is 181 Å². The van der Waals surface area contributed by atoms with Crippen LogP contribution in [-0.4, -0.2) is 12.6 Å². The zero-order valence-electron chi connectivity index (χ0n) is 18.3. The second-order valence-corrected chi connectivity index (χ2v) is 7.65. The molecule has 0 fully saturated rings. The third kappa shape index (κ3) is 6.03. The van der Waals surface area contributed by atoms with E-state index in [0.717, 1.165) is 42.1 Å². The van der Waals surface area contributed by atoms with E-state index in [1.807, 2.05) is 42.5 Å². The Bertz CT molecular complexity index is 894. The molecule has 0 saturated carbocycles. The molecule has 3 nitrogen and oxygen atoms in total. The summed E-state index contributed by atoms with van der Waals surface area (Å²) in [5.74, 6) is 2.34. The van der Waals surface area contributed by atoms with Crippen molar-refractivity contribution >= 4 is 5.69 Å². The van der Waals surface area contributed by atoms with Gasteiger partial charge < -0.3 is 14.8 Å². The molecule has 0 amide bonds. The number of nitrogens with one attached hydrogen (secondary N) is 1. The summed E-state index contributed by atoms with van der Waals surface area (Å²) in [4.78, 5) is 0. The SMILES string of the molecule is CCC(CNc1ccccc1OCc1ccccc1)Oc1ccccc1C(C)CC. The highest BCUT2D eigenvalue weighted by Gasteiger charge is 2.15. The van der Waals surface area contributed by atoms with Crippen LogP contribution in [0.25, 0.3) is 0 Å². The van der Waals surface area contributed by atoms with Gasteiger partial charge in [0.05, 0.1) is 12.2 Å². The maximum absolute atomic E-state index is 6.41. The zero-order valence-corrected chi connectivity index (χ0v) is 18.3. The first kappa shape index (κ1) is 21.8. The molecular weight excluding hydrogens is 370 g/mol. The van der Waals surface area contributed by atoms with E-state index in [0.29, 0.717) is 12.5 Å². The van der Waals surface area contributed by atoms with Crippen LogP contribution in [-0.2, 0) is 6.61 Å². The van der Waals surface area contributed by atoms with Gasteiger partial charge in [0.1, 0.15) is 24.2 Å². The molecule has 0 aromatic heterocycles. The van der Waals surface area contributed by atoms with Gasteiger partial charge in [0.25, 0.3) is 0 Å². The molecule has 30 heavy (non-hydrogen) atoms. The third-order valence-corrected chi connectivity index (χ3v) is 5.46. The quantitative estimate of drug-likeness (QED) is 0.372. The predicted molar refractivity (Wildman–Crippen MR) is 126 cm³/mol. The molecule has 0 radical (unpaired) electrons. The average Bonchev–Trinajstić information content (AvgIpc) is 2.81. The molecule has 0 aliphatic carbocycles. The minimum Gasteiger partial charge on any atom is -0.488 e. The second-order valence-electron chi connectivity index (χ2n) is 7.65. The van der Waals surface area contributed by atoms with Gasteiger partial charge in [0.2, 0.25) is 0 Å². The number of benzene rings is 3. The third-order valence-electron chi connectivity index (χ3n) is 5.46. The predicted octanol–water partition coefficient (Wildman–Crippen LogP) is 7.05. The van der Waals surface area contributed by atoms with Crippen LogP contribution in [0.1, 0.15) is 50.7 Å². The highest BCUT2D eigenvalue weighted by molar-refractivity contribution is 5.56. The Morgan fingerprint density at radius 1 is 0.767 bits per heavy atom. The molecule has 3 rings (SSSR count). The molecule has 1 N–H and O–H groups in total. The smallest absolute Gasteiger partial charge is 0.142 e. The molecule has 0 bridgehead atoms. The van der Waals surface area contributed by atoms with Crippen LogP contribution in [0.2, 0.25) is 0 Å². The van der Waals surface area contributed by atoms with Crippen molar-refractivity contribution in [2.45, 2.75) is 52.2 Å². The van der Waals surface area contributed by atoms with E-state index in [4.69, 9.17) is 9.47 Å². The lowest BCUT2D eigenvalue weighted by Crippen LogP contribution is -2.26. The van der Waals surface area contributed by atoms with Crippen LogP contribution in [0.4, 0.5) is 5.69 Å². The summed E-state index contributed by atoms with van der Waals surface area (Å²) in [6.07, 6.45) is 2.11. The van der Waals surface area contributed by atoms with E-state index >= 15 is 0 Å². The van der Waals surface area contributed by atoms with Crippen LogP contribution in [0.5, 0.6) is 11.5 Å². The molecule has 0 aliphatic rings. The van der Waals surface area contributed by atoms with Crippen LogP contribution in [0, 0.1) is 0 Å². The fraction of sp³-hybridized carbons (Fsp3) is 0.333. The van der Waals surface area contributed by atoms with Gasteiger partial charge in [-0.3, -0.25) is 0 Å². The number of ether oxygens (including phenoxy) is 2. The normalized spacial score (nSPS) is 12.8. The Balaban J connectivity index is 1.63. The lowest BCUT2D eigenvalue weighted by molar-refractivity contribution is 0.207. The van der Waals surface area contributed by atoms with Gasteiger partial charge in [-0.1, -0.05) is 81.4 Å². The summed E-state index contributed by atoms with van der Waals surface area (Å²) in [6.45, 7) is 7.90. The number of hydrogen-bond acceptors (Lipinski definition) is 3. The minimum absolute atomic E-state index is 0.0809. The highest BCUT2D eigenvalue weighted by Crippen LogP contribution is 2.30. The van der Waals surface area contributed by atoms with Gasteiger partial charge in [-0.15, -0.1) is 0 Å². The first-order chi connectivity index (χ1) is 14.7. The van der Waals surface area contributed by atoms with Crippen molar-refractivity contribution in [3.8, 4) is 11.5 Å². The van der Waals surface area contributed by atoms with Crippen LogP contribution in [0.15, 0.2) is 78.9 Å². The zero-order chi connectivity index (χ0) is 21.2. The lowest BCUT2D eigenvalue weighted by atomic mass is 9.98. The number of hydrogen-bond donors (Lipinski definition) is 1. The number of para-hydroxylation sites is 3. The summed E-state index contributed by atoms with van der Waals surface area (Å²) >= 11 is 0. The molecule has 3 heteroatoms. The maximum Gasteiger partial charge on any atom is 0.142 e. The highest BCUT2D eigenvalue weighted by atomic mass is 16.5. The second kappa shape index (κ2) is 11.3. The molecule has 158 valence electrons. The van der Waals surface area contributed by atoms with Crippen molar-refractivity contribution in [1.82, 2.24) is 0 Å². The summed E-state index contributed by atoms with van der Waals surface area (Å²) < 4.78 is 12.5. The van der Waals surface area contributed by atoms with Crippen molar-refractivity contribution in [2.24, 2.45) is 0 Å². The molecule has 3 aromatic rings. The van der Waals surface area contributed by atoms with Gasteiger partial charge in [0.15, 0.2) is 0 Å². The van der Waals surface area contributed by atoms with Crippen molar-refractivity contribution in [2.75, 3.05) is 11.9 Å². The first-order valence-corrected chi connectivity index (χ1v) is 11.0. The fourth-order valence-electron chi connectivity index (χ4n) is 3.36. The Hall–Kier alpha value is -2.94. The van der Waals surface area contributed by atoms with Crippen molar-refractivity contribution < 1.29 is 9.47 Å².